The highest BCUT2D eigenvalue weighted by Gasteiger charge is 2.12. The quantitative estimate of drug-likeness (QED) is 0.192. The Morgan fingerprint density at radius 2 is 1.80 bits per heavy atom. The lowest BCUT2D eigenvalue weighted by Gasteiger charge is -2.12. The van der Waals surface area contributed by atoms with Crippen LogP contribution in [0.2, 0.25) is 5.02 Å². The Kier molecular flexibility index (Phi) is 5.65. The maximum absolute atomic E-state index is 13.3. The van der Waals surface area contributed by atoms with Gasteiger partial charge in [-0.15, -0.1) is 0 Å². The monoisotopic (exact) mass is 529 g/mol. The van der Waals surface area contributed by atoms with Gasteiger partial charge in [0.1, 0.15) is 5.82 Å². The predicted molar refractivity (Wildman–Crippen MR) is 127 cm³/mol. The van der Waals surface area contributed by atoms with Crippen LogP contribution in [0.15, 0.2) is 71.5 Å². The summed E-state index contributed by atoms with van der Waals surface area (Å²) < 4.78 is 2.43. The predicted octanol–water partition coefficient (Wildman–Crippen LogP) is 5.72. The lowest BCUT2D eigenvalue weighted by molar-refractivity contribution is -0.384. The van der Waals surface area contributed by atoms with Gasteiger partial charge in [-0.3, -0.25) is 19.5 Å². The number of non-ortho nitro benzene ring substituents is 1. The van der Waals surface area contributed by atoms with Gasteiger partial charge in [0.25, 0.3) is 11.2 Å². The molecule has 4 aromatic rings. The van der Waals surface area contributed by atoms with E-state index in [1.165, 1.54) is 16.7 Å². The molecule has 0 aliphatic heterocycles. The third-order valence-electron chi connectivity index (χ3n) is 4.45. The minimum absolute atomic E-state index is 0.00622. The van der Waals surface area contributed by atoms with Crippen LogP contribution in [0, 0.1) is 13.7 Å². The van der Waals surface area contributed by atoms with Crippen molar-refractivity contribution in [1.82, 2.24) is 9.55 Å². The number of hydrogen-bond acceptors (Lipinski definition) is 4. The van der Waals surface area contributed by atoms with E-state index in [1.807, 2.05) is 6.07 Å². The molecule has 30 heavy (non-hydrogen) atoms. The standard InChI is InChI=1S/C22H13ClIN3O3/c23-15-5-8-17(9-6-15)26-21(11-4-14-2-1-3-18(12-14)27(29)30)25-20-10-7-16(24)13-19(20)22(26)28/h1-13H. The van der Waals surface area contributed by atoms with Gasteiger partial charge in [0.15, 0.2) is 0 Å². The van der Waals surface area contributed by atoms with E-state index in [0.717, 1.165) is 3.57 Å². The van der Waals surface area contributed by atoms with E-state index in [0.29, 0.717) is 33.0 Å². The fraction of sp³-hybridized carbons (Fsp3) is 0. The van der Waals surface area contributed by atoms with Crippen molar-refractivity contribution in [3.8, 4) is 5.69 Å². The van der Waals surface area contributed by atoms with Crippen LogP contribution in [0.5, 0.6) is 0 Å². The zero-order chi connectivity index (χ0) is 21.3. The van der Waals surface area contributed by atoms with Crippen molar-refractivity contribution in [3.05, 3.63) is 107 Å². The number of benzene rings is 3. The first-order valence-corrected chi connectivity index (χ1v) is 10.3. The largest absolute Gasteiger partial charge is 0.270 e. The highest BCUT2D eigenvalue weighted by atomic mass is 127. The van der Waals surface area contributed by atoms with Crippen molar-refractivity contribution in [1.29, 1.82) is 0 Å². The summed E-state index contributed by atoms with van der Waals surface area (Å²) in [5, 5.41) is 12.1. The Morgan fingerprint density at radius 1 is 1.03 bits per heavy atom. The molecule has 0 aliphatic rings. The first-order valence-electron chi connectivity index (χ1n) is 8.83. The second-order valence-corrected chi connectivity index (χ2v) is 8.12. The number of fused-ring (bicyclic) bond motifs is 1. The molecule has 0 radical (unpaired) electrons. The summed E-state index contributed by atoms with van der Waals surface area (Å²) in [4.78, 5) is 28.5. The smallest absolute Gasteiger partial charge is 0.268 e. The average molecular weight is 530 g/mol. The second-order valence-electron chi connectivity index (χ2n) is 6.43. The Labute approximate surface area is 189 Å². The number of nitro groups is 1. The lowest BCUT2D eigenvalue weighted by Crippen LogP contribution is -2.22. The fourth-order valence-corrected chi connectivity index (χ4v) is 3.66. The van der Waals surface area contributed by atoms with Gasteiger partial charge in [-0.25, -0.2) is 4.98 Å². The van der Waals surface area contributed by atoms with E-state index in [-0.39, 0.29) is 11.2 Å². The van der Waals surface area contributed by atoms with Crippen molar-refractivity contribution in [3.63, 3.8) is 0 Å². The summed E-state index contributed by atoms with van der Waals surface area (Å²) in [7, 11) is 0. The van der Waals surface area contributed by atoms with Gasteiger partial charge in [0, 0.05) is 20.7 Å². The van der Waals surface area contributed by atoms with Crippen LogP contribution in [0.4, 0.5) is 5.69 Å². The minimum Gasteiger partial charge on any atom is -0.268 e. The molecule has 4 rings (SSSR count). The minimum atomic E-state index is -0.448. The Balaban J connectivity index is 1.91. The van der Waals surface area contributed by atoms with Crippen LogP contribution in [0.1, 0.15) is 11.4 Å². The Morgan fingerprint density at radius 3 is 2.53 bits per heavy atom. The SMILES string of the molecule is O=c1c2cc(I)ccc2nc(C=Cc2cccc([N+](=O)[O-])c2)n1-c1ccc(Cl)cc1. The molecule has 0 saturated carbocycles. The molecule has 6 nitrogen and oxygen atoms in total. The van der Waals surface area contributed by atoms with E-state index >= 15 is 0 Å². The van der Waals surface area contributed by atoms with Gasteiger partial charge in [-0.2, -0.15) is 0 Å². The molecule has 3 aromatic carbocycles. The lowest BCUT2D eigenvalue weighted by atomic mass is 10.2. The van der Waals surface area contributed by atoms with Crippen LogP contribution in [-0.4, -0.2) is 14.5 Å². The first kappa shape index (κ1) is 20.2. The van der Waals surface area contributed by atoms with Gasteiger partial charge >= 0.3 is 0 Å². The molecule has 0 aliphatic carbocycles. The highest BCUT2D eigenvalue weighted by molar-refractivity contribution is 14.1. The van der Waals surface area contributed by atoms with E-state index in [9.17, 15) is 14.9 Å². The summed E-state index contributed by atoms with van der Waals surface area (Å²) in [6.07, 6.45) is 3.37. The molecular formula is C22H13ClIN3O3. The van der Waals surface area contributed by atoms with Gasteiger partial charge in [0.2, 0.25) is 0 Å². The zero-order valence-electron chi connectivity index (χ0n) is 15.3. The summed E-state index contributed by atoms with van der Waals surface area (Å²) in [6, 6.07) is 18.6. The van der Waals surface area contributed by atoms with Crippen LogP contribution >= 0.6 is 34.2 Å². The molecule has 0 N–H and O–H groups in total. The molecule has 0 spiro atoms. The summed E-state index contributed by atoms with van der Waals surface area (Å²) >= 11 is 8.16. The fourth-order valence-electron chi connectivity index (χ4n) is 3.04. The number of rotatable bonds is 4. The van der Waals surface area contributed by atoms with Gasteiger partial charge < -0.3 is 0 Å². The van der Waals surface area contributed by atoms with Crippen molar-refractivity contribution in [2.75, 3.05) is 0 Å². The molecule has 1 heterocycles. The van der Waals surface area contributed by atoms with Crippen molar-refractivity contribution in [2.45, 2.75) is 0 Å². The van der Waals surface area contributed by atoms with E-state index in [1.54, 1.807) is 60.7 Å². The second kappa shape index (κ2) is 8.37. The molecule has 148 valence electrons. The van der Waals surface area contributed by atoms with Crippen LogP contribution in [-0.2, 0) is 0 Å². The molecule has 0 fully saturated rings. The van der Waals surface area contributed by atoms with Gasteiger partial charge in [-0.1, -0.05) is 29.8 Å². The number of hydrogen-bond donors (Lipinski definition) is 0. The highest BCUT2D eigenvalue weighted by Crippen LogP contribution is 2.20. The number of nitrogens with zero attached hydrogens (tertiary/aromatic N) is 3. The number of halogens is 2. The maximum atomic E-state index is 13.3. The van der Waals surface area contributed by atoms with E-state index in [2.05, 4.69) is 27.6 Å². The molecule has 0 unspecified atom stereocenters. The van der Waals surface area contributed by atoms with Crippen LogP contribution in [0.3, 0.4) is 0 Å². The number of nitro benzene ring substituents is 1. The average Bonchev–Trinajstić information content (AvgIpc) is 2.74. The summed E-state index contributed by atoms with van der Waals surface area (Å²) in [5.74, 6) is 0.405. The molecule has 0 saturated heterocycles. The molecule has 8 heteroatoms. The zero-order valence-corrected chi connectivity index (χ0v) is 18.2. The van der Waals surface area contributed by atoms with Crippen molar-refractivity contribution in [2.24, 2.45) is 0 Å². The topological polar surface area (TPSA) is 78.0 Å². The molecular weight excluding hydrogens is 517 g/mol. The first-order chi connectivity index (χ1) is 14.4. The molecule has 0 amide bonds. The normalized spacial score (nSPS) is 11.3. The molecule has 0 bridgehead atoms. The van der Waals surface area contributed by atoms with E-state index < -0.39 is 4.92 Å². The maximum Gasteiger partial charge on any atom is 0.270 e. The van der Waals surface area contributed by atoms with Crippen LogP contribution in [0.25, 0.3) is 28.7 Å². The summed E-state index contributed by atoms with van der Waals surface area (Å²) in [5.41, 5.74) is 1.61. The molecule has 1 aromatic heterocycles. The Hall–Kier alpha value is -3.04. The van der Waals surface area contributed by atoms with Crippen molar-refractivity contribution < 1.29 is 4.92 Å². The summed E-state index contributed by atoms with van der Waals surface area (Å²) in [6.45, 7) is 0. The van der Waals surface area contributed by atoms with E-state index in [4.69, 9.17) is 11.6 Å². The molecule has 0 atom stereocenters. The number of aromatic nitrogens is 2. The van der Waals surface area contributed by atoms with Crippen LogP contribution < -0.4 is 5.56 Å². The third-order valence-corrected chi connectivity index (χ3v) is 5.37. The van der Waals surface area contributed by atoms with Gasteiger partial charge in [0.05, 0.1) is 21.5 Å². The Bertz CT molecular complexity index is 1360. The third kappa shape index (κ3) is 4.12. The van der Waals surface area contributed by atoms with Crippen molar-refractivity contribution >= 4 is 62.9 Å². The van der Waals surface area contributed by atoms with Gasteiger partial charge in [-0.05, 0) is 76.7 Å².